The second-order valence-electron chi connectivity index (χ2n) is 8.18. The molecule has 0 spiro atoms. The summed E-state index contributed by atoms with van der Waals surface area (Å²) in [6.45, 7) is 4.28. The summed E-state index contributed by atoms with van der Waals surface area (Å²) in [5.74, 6) is 0.0104. The van der Waals surface area contributed by atoms with Crippen molar-refractivity contribution in [2.45, 2.75) is 12.6 Å². The molecule has 2 aromatic heterocycles. The van der Waals surface area contributed by atoms with Gasteiger partial charge in [0.1, 0.15) is 11.7 Å². The van der Waals surface area contributed by atoms with Gasteiger partial charge in [0, 0.05) is 50.8 Å². The van der Waals surface area contributed by atoms with Crippen molar-refractivity contribution in [3.05, 3.63) is 103 Å². The summed E-state index contributed by atoms with van der Waals surface area (Å²) in [5, 5.41) is 3.10. The van der Waals surface area contributed by atoms with E-state index in [4.69, 9.17) is 4.98 Å². The van der Waals surface area contributed by atoms with E-state index >= 15 is 0 Å². The molecule has 1 saturated heterocycles. The lowest BCUT2D eigenvalue weighted by Crippen LogP contribution is -2.49. The fraction of sp³-hybridized carbons (Fsp3) is 0.231. The van der Waals surface area contributed by atoms with Crippen LogP contribution in [0, 0.1) is 0 Å². The molecule has 3 heterocycles. The Labute approximate surface area is 188 Å². The van der Waals surface area contributed by atoms with E-state index in [0.717, 1.165) is 55.3 Å². The van der Waals surface area contributed by atoms with Crippen LogP contribution >= 0.6 is 0 Å². The Morgan fingerprint density at radius 2 is 1.56 bits per heavy atom. The van der Waals surface area contributed by atoms with Crippen molar-refractivity contribution in [1.29, 1.82) is 0 Å². The Hall–Kier alpha value is -3.48. The smallest absolute Gasteiger partial charge is 0.246 e. The summed E-state index contributed by atoms with van der Waals surface area (Å²) >= 11 is 0. The Morgan fingerprint density at radius 3 is 2.28 bits per heavy atom. The number of carbonyl (C=O) groups excluding carboxylic acids is 1. The van der Waals surface area contributed by atoms with Crippen LogP contribution < -0.4 is 5.32 Å². The number of nitrogens with one attached hydrogen (secondary N) is 1. The molecule has 1 amide bonds. The molecule has 1 aliphatic heterocycles. The normalized spacial score (nSPS) is 16.1. The van der Waals surface area contributed by atoms with Crippen molar-refractivity contribution in [3.63, 3.8) is 0 Å². The van der Waals surface area contributed by atoms with Gasteiger partial charge in [0.2, 0.25) is 5.91 Å². The van der Waals surface area contributed by atoms with Crippen LogP contribution in [0.15, 0.2) is 91.3 Å². The number of nitrogens with zero attached hydrogens (tertiary/aromatic N) is 4. The van der Waals surface area contributed by atoms with Gasteiger partial charge in [0.25, 0.3) is 0 Å². The van der Waals surface area contributed by atoms with E-state index < -0.39 is 0 Å². The van der Waals surface area contributed by atoms with Gasteiger partial charge in [-0.25, -0.2) is 4.98 Å². The van der Waals surface area contributed by atoms with Crippen LogP contribution in [0.3, 0.4) is 0 Å². The van der Waals surface area contributed by atoms with Crippen LogP contribution in [0.25, 0.3) is 5.65 Å². The first-order chi connectivity index (χ1) is 15.8. The van der Waals surface area contributed by atoms with Gasteiger partial charge in [-0.3, -0.25) is 14.6 Å². The van der Waals surface area contributed by atoms with Crippen LogP contribution in [0.5, 0.6) is 0 Å². The third kappa shape index (κ3) is 4.56. The number of pyridine rings is 1. The van der Waals surface area contributed by atoms with Crippen molar-refractivity contribution in [2.24, 2.45) is 0 Å². The molecule has 4 aromatic rings. The predicted molar refractivity (Wildman–Crippen MR) is 126 cm³/mol. The number of hydrogen-bond donors (Lipinski definition) is 1. The summed E-state index contributed by atoms with van der Waals surface area (Å²) < 4.78 is 2.06. The standard InChI is InChI=1S/C26H27N5O/c32-26(28-22-11-5-2-6-12-22)25(21-9-3-1-4-10-21)30-17-15-29(16-18-30)19-23-20-31-14-8-7-13-24(31)27-23/h1-14,20,25H,15-19H2,(H,28,32)/t25-/m0/s1. The van der Waals surface area contributed by atoms with Crippen LogP contribution in [0.4, 0.5) is 5.69 Å². The summed E-state index contributed by atoms with van der Waals surface area (Å²) in [6.07, 6.45) is 4.13. The highest BCUT2D eigenvalue weighted by Crippen LogP contribution is 2.25. The zero-order chi connectivity index (χ0) is 21.8. The average Bonchev–Trinajstić information content (AvgIpc) is 3.24. The van der Waals surface area contributed by atoms with E-state index in [-0.39, 0.29) is 11.9 Å². The van der Waals surface area contributed by atoms with E-state index in [1.54, 1.807) is 0 Å². The van der Waals surface area contributed by atoms with Gasteiger partial charge in [-0.2, -0.15) is 0 Å². The van der Waals surface area contributed by atoms with E-state index in [1.165, 1.54) is 0 Å². The van der Waals surface area contributed by atoms with E-state index in [9.17, 15) is 4.79 Å². The fourth-order valence-electron chi connectivity index (χ4n) is 4.37. The maximum absolute atomic E-state index is 13.3. The SMILES string of the molecule is O=C(Nc1ccccc1)[C@H](c1ccccc1)N1CCN(Cc2cn3ccccc3n2)CC1. The second kappa shape index (κ2) is 9.34. The van der Waals surface area contributed by atoms with Gasteiger partial charge in [0.15, 0.2) is 0 Å². The molecule has 1 aliphatic rings. The van der Waals surface area contributed by atoms with Crippen molar-refractivity contribution >= 4 is 17.2 Å². The first-order valence-corrected chi connectivity index (χ1v) is 11.1. The molecular formula is C26H27N5O. The van der Waals surface area contributed by atoms with Crippen molar-refractivity contribution in [1.82, 2.24) is 19.2 Å². The predicted octanol–water partition coefficient (Wildman–Crippen LogP) is 3.83. The number of fused-ring (bicyclic) bond motifs is 1. The van der Waals surface area contributed by atoms with Gasteiger partial charge in [-0.05, 0) is 29.8 Å². The zero-order valence-electron chi connectivity index (χ0n) is 18.0. The molecule has 0 unspecified atom stereocenters. The van der Waals surface area contributed by atoms with Gasteiger partial charge >= 0.3 is 0 Å². The highest BCUT2D eigenvalue weighted by atomic mass is 16.2. The van der Waals surface area contributed by atoms with Crippen LogP contribution in [0.1, 0.15) is 17.3 Å². The van der Waals surface area contributed by atoms with Crippen LogP contribution in [0.2, 0.25) is 0 Å². The quantitative estimate of drug-likeness (QED) is 0.510. The van der Waals surface area contributed by atoms with Gasteiger partial charge in [-0.1, -0.05) is 54.6 Å². The molecule has 32 heavy (non-hydrogen) atoms. The van der Waals surface area contributed by atoms with Crippen molar-refractivity contribution in [3.8, 4) is 0 Å². The summed E-state index contributed by atoms with van der Waals surface area (Å²) in [7, 11) is 0. The summed E-state index contributed by atoms with van der Waals surface area (Å²) in [5.41, 5.74) is 3.90. The molecule has 0 aliphatic carbocycles. The lowest BCUT2D eigenvalue weighted by atomic mass is 10.0. The topological polar surface area (TPSA) is 52.9 Å². The molecule has 0 radical (unpaired) electrons. The molecular weight excluding hydrogens is 398 g/mol. The number of piperazine rings is 1. The third-order valence-corrected chi connectivity index (χ3v) is 5.98. The number of anilines is 1. The number of hydrogen-bond acceptors (Lipinski definition) is 4. The molecule has 1 atom stereocenters. The first kappa shape index (κ1) is 20.4. The Balaban J connectivity index is 1.27. The average molecular weight is 426 g/mol. The number of rotatable bonds is 6. The second-order valence-corrected chi connectivity index (χ2v) is 8.18. The number of carbonyl (C=O) groups is 1. The third-order valence-electron chi connectivity index (χ3n) is 5.98. The minimum atomic E-state index is -0.311. The summed E-state index contributed by atoms with van der Waals surface area (Å²) in [4.78, 5) is 22.7. The van der Waals surface area contributed by atoms with Gasteiger partial charge in [-0.15, -0.1) is 0 Å². The minimum Gasteiger partial charge on any atom is -0.324 e. The fourth-order valence-corrected chi connectivity index (χ4v) is 4.37. The highest BCUT2D eigenvalue weighted by molar-refractivity contribution is 5.95. The molecule has 5 rings (SSSR count). The molecule has 0 bridgehead atoms. The van der Waals surface area contributed by atoms with E-state index in [0.29, 0.717) is 0 Å². The van der Waals surface area contributed by atoms with Crippen LogP contribution in [-0.2, 0) is 11.3 Å². The molecule has 2 aromatic carbocycles. The molecule has 162 valence electrons. The number of amides is 1. The van der Waals surface area contributed by atoms with Gasteiger partial charge < -0.3 is 9.72 Å². The number of benzene rings is 2. The maximum Gasteiger partial charge on any atom is 0.246 e. The number of imidazole rings is 1. The number of para-hydroxylation sites is 1. The van der Waals surface area contributed by atoms with Gasteiger partial charge in [0.05, 0.1) is 5.69 Å². The Bertz CT molecular complexity index is 1130. The van der Waals surface area contributed by atoms with Crippen molar-refractivity contribution in [2.75, 3.05) is 31.5 Å². The van der Waals surface area contributed by atoms with E-state index in [2.05, 4.69) is 25.7 Å². The Kier molecular flexibility index (Phi) is 5.96. The molecule has 1 fully saturated rings. The first-order valence-electron chi connectivity index (χ1n) is 11.1. The molecule has 1 N–H and O–H groups in total. The van der Waals surface area contributed by atoms with Crippen molar-refractivity contribution < 1.29 is 4.79 Å². The molecule has 6 heteroatoms. The Morgan fingerprint density at radius 1 is 0.875 bits per heavy atom. The molecule has 6 nitrogen and oxygen atoms in total. The maximum atomic E-state index is 13.3. The zero-order valence-corrected chi connectivity index (χ0v) is 18.0. The van der Waals surface area contributed by atoms with Crippen LogP contribution in [-0.4, -0.2) is 51.3 Å². The van der Waals surface area contributed by atoms with E-state index in [1.807, 2.05) is 85.1 Å². The molecule has 0 saturated carbocycles. The highest BCUT2D eigenvalue weighted by Gasteiger charge is 2.30. The largest absolute Gasteiger partial charge is 0.324 e. The lowest BCUT2D eigenvalue weighted by Gasteiger charge is -2.38. The summed E-state index contributed by atoms with van der Waals surface area (Å²) in [6, 6.07) is 25.5. The lowest BCUT2D eigenvalue weighted by molar-refractivity contribution is -0.122. The number of aromatic nitrogens is 2. The minimum absolute atomic E-state index is 0.0104. The monoisotopic (exact) mass is 425 g/mol.